The summed E-state index contributed by atoms with van der Waals surface area (Å²) >= 11 is 0. The smallest absolute Gasteiger partial charge is 0.313 e. The van der Waals surface area contributed by atoms with Gasteiger partial charge < -0.3 is 16.0 Å². The van der Waals surface area contributed by atoms with Crippen molar-refractivity contribution in [3.8, 4) is 0 Å². The molecule has 0 aliphatic carbocycles. The summed E-state index contributed by atoms with van der Waals surface area (Å²) in [5.41, 5.74) is 3.53. The van der Waals surface area contributed by atoms with Crippen LogP contribution >= 0.6 is 0 Å². The molecule has 3 amide bonds. The normalized spacial score (nSPS) is 10.2. The molecule has 0 fully saturated rings. The average molecular weight is 401 g/mol. The molecule has 6 heteroatoms. The Balaban J connectivity index is 1.61. The van der Waals surface area contributed by atoms with Crippen molar-refractivity contribution < 1.29 is 14.4 Å². The lowest BCUT2D eigenvalue weighted by Crippen LogP contribution is -2.35. The van der Waals surface area contributed by atoms with Gasteiger partial charge in [0.2, 0.25) is 0 Å². The number of hydrogen-bond acceptors (Lipinski definition) is 3. The van der Waals surface area contributed by atoms with Gasteiger partial charge in [0.25, 0.3) is 5.91 Å². The maximum absolute atomic E-state index is 12.6. The molecule has 0 saturated carbocycles. The number of para-hydroxylation sites is 1. The highest BCUT2D eigenvalue weighted by molar-refractivity contribution is 6.40. The standard InChI is InChI=1S/C24H23N3O3/c1-17-9-5-6-12-19(17)16-26-22(28)20-13-7-8-14-21(20)27-24(30)23(29)25-15-18-10-3-2-4-11-18/h2-14H,15-16H2,1H3,(H,25,29)(H,26,28)(H,27,30). The molecule has 0 aliphatic heterocycles. The first kappa shape index (κ1) is 20.8. The SMILES string of the molecule is Cc1ccccc1CNC(=O)c1ccccc1NC(=O)C(=O)NCc1ccccc1. The summed E-state index contributed by atoms with van der Waals surface area (Å²) in [4.78, 5) is 37.1. The first-order chi connectivity index (χ1) is 14.5. The fourth-order valence-corrected chi connectivity index (χ4v) is 2.91. The summed E-state index contributed by atoms with van der Waals surface area (Å²) in [7, 11) is 0. The highest BCUT2D eigenvalue weighted by Crippen LogP contribution is 2.15. The second-order valence-electron chi connectivity index (χ2n) is 6.78. The van der Waals surface area contributed by atoms with Crippen molar-refractivity contribution in [2.45, 2.75) is 20.0 Å². The molecule has 0 spiro atoms. The molecule has 0 atom stereocenters. The van der Waals surface area contributed by atoms with Crippen molar-refractivity contribution in [3.63, 3.8) is 0 Å². The molecular formula is C24H23N3O3. The van der Waals surface area contributed by atoms with Crippen LogP contribution < -0.4 is 16.0 Å². The van der Waals surface area contributed by atoms with Gasteiger partial charge in [-0.05, 0) is 35.7 Å². The van der Waals surface area contributed by atoms with Gasteiger partial charge in [-0.1, -0.05) is 66.7 Å². The van der Waals surface area contributed by atoms with Gasteiger partial charge in [0, 0.05) is 13.1 Å². The van der Waals surface area contributed by atoms with Crippen molar-refractivity contribution >= 4 is 23.4 Å². The van der Waals surface area contributed by atoms with Gasteiger partial charge in [0.05, 0.1) is 11.3 Å². The van der Waals surface area contributed by atoms with E-state index in [0.29, 0.717) is 6.54 Å². The molecule has 3 aromatic rings. The third-order valence-electron chi connectivity index (χ3n) is 4.62. The number of anilines is 1. The molecule has 0 radical (unpaired) electrons. The van der Waals surface area contributed by atoms with Crippen LogP contribution in [-0.2, 0) is 22.7 Å². The van der Waals surface area contributed by atoms with Gasteiger partial charge >= 0.3 is 11.8 Å². The summed E-state index contributed by atoms with van der Waals surface area (Å²) < 4.78 is 0. The predicted molar refractivity (Wildman–Crippen MR) is 116 cm³/mol. The quantitative estimate of drug-likeness (QED) is 0.555. The van der Waals surface area contributed by atoms with Crippen molar-refractivity contribution in [3.05, 3.63) is 101 Å². The molecule has 30 heavy (non-hydrogen) atoms. The van der Waals surface area contributed by atoms with E-state index in [-0.39, 0.29) is 23.7 Å². The number of benzene rings is 3. The van der Waals surface area contributed by atoms with Crippen molar-refractivity contribution in [1.82, 2.24) is 10.6 Å². The van der Waals surface area contributed by atoms with E-state index in [1.165, 1.54) is 0 Å². The third-order valence-corrected chi connectivity index (χ3v) is 4.62. The summed E-state index contributed by atoms with van der Waals surface area (Å²) in [6.07, 6.45) is 0. The Morgan fingerprint density at radius 1 is 0.700 bits per heavy atom. The zero-order chi connectivity index (χ0) is 21.3. The molecule has 3 N–H and O–H groups in total. The molecule has 0 saturated heterocycles. The van der Waals surface area contributed by atoms with Crippen LogP contribution in [0.5, 0.6) is 0 Å². The van der Waals surface area contributed by atoms with E-state index in [4.69, 9.17) is 0 Å². The molecular weight excluding hydrogens is 378 g/mol. The minimum absolute atomic E-state index is 0.242. The summed E-state index contributed by atoms with van der Waals surface area (Å²) in [6, 6.07) is 23.6. The predicted octanol–water partition coefficient (Wildman–Crippen LogP) is 3.18. The van der Waals surface area contributed by atoms with E-state index in [0.717, 1.165) is 16.7 Å². The van der Waals surface area contributed by atoms with E-state index in [1.807, 2.05) is 61.5 Å². The minimum atomic E-state index is -0.829. The van der Waals surface area contributed by atoms with Crippen LogP contribution in [0.1, 0.15) is 27.0 Å². The van der Waals surface area contributed by atoms with E-state index in [2.05, 4.69) is 16.0 Å². The Morgan fingerprint density at radius 3 is 2.13 bits per heavy atom. The first-order valence-corrected chi connectivity index (χ1v) is 9.59. The summed E-state index contributed by atoms with van der Waals surface area (Å²) in [5, 5.41) is 7.95. The minimum Gasteiger partial charge on any atom is -0.348 e. The fourth-order valence-electron chi connectivity index (χ4n) is 2.91. The number of nitrogens with one attached hydrogen (secondary N) is 3. The molecule has 3 rings (SSSR count). The Kier molecular flexibility index (Phi) is 6.95. The molecule has 3 aromatic carbocycles. The second kappa shape index (κ2) is 10.0. The van der Waals surface area contributed by atoms with E-state index >= 15 is 0 Å². The summed E-state index contributed by atoms with van der Waals surface area (Å²) in [6.45, 7) is 2.58. The maximum Gasteiger partial charge on any atom is 0.313 e. The topological polar surface area (TPSA) is 87.3 Å². The second-order valence-corrected chi connectivity index (χ2v) is 6.78. The highest BCUT2D eigenvalue weighted by atomic mass is 16.2. The van der Waals surface area contributed by atoms with Crippen LogP contribution in [0.15, 0.2) is 78.9 Å². The average Bonchev–Trinajstić information content (AvgIpc) is 2.77. The largest absolute Gasteiger partial charge is 0.348 e. The zero-order valence-electron chi connectivity index (χ0n) is 16.6. The number of hydrogen-bond donors (Lipinski definition) is 3. The number of aryl methyl sites for hydroxylation is 1. The molecule has 152 valence electrons. The van der Waals surface area contributed by atoms with E-state index in [1.54, 1.807) is 24.3 Å². The van der Waals surface area contributed by atoms with Crippen LogP contribution in [0.25, 0.3) is 0 Å². The highest BCUT2D eigenvalue weighted by Gasteiger charge is 2.17. The van der Waals surface area contributed by atoms with Gasteiger partial charge in [0.15, 0.2) is 0 Å². The number of carbonyl (C=O) groups is 3. The fraction of sp³-hybridized carbons (Fsp3) is 0.125. The first-order valence-electron chi connectivity index (χ1n) is 9.59. The van der Waals surface area contributed by atoms with Gasteiger partial charge in [0.1, 0.15) is 0 Å². The zero-order valence-corrected chi connectivity index (χ0v) is 16.6. The van der Waals surface area contributed by atoms with Crippen molar-refractivity contribution in [2.24, 2.45) is 0 Å². The number of carbonyl (C=O) groups excluding carboxylic acids is 3. The van der Waals surface area contributed by atoms with Crippen LogP contribution in [-0.4, -0.2) is 17.7 Å². The van der Waals surface area contributed by atoms with E-state index in [9.17, 15) is 14.4 Å². The van der Waals surface area contributed by atoms with Gasteiger partial charge in [-0.3, -0.25) is 14.4 Å². The molecule has 0 aromatic heterocycles. The van der Waals surface area contributed by atoms with Crippen LogP contribution in [0, 0.1) is 6.92 Å². The molecule has 6 nitrogen and oxygen atoms in total. The number of amides is 3. The van der Waals surface area contributed by atoms with Crippen molar-refractivity contribution in [1.29, 1.82) is 0 Å². The number of rotatable bonds is 6. The van der Waals surface area contributed by atoms with Crippen LogP contribution in [0.3, 0.4) is 0 Å². The van der Waals surface area contributed by atoms with Gasteiger partial charge in [-0.2, -0.15) is 0 Å². The van der Waals surface area contributed by atoms with Crippen LogP contribution in [0.2, 0.25) is 0 Å². The molecule has 0 bridgehead atoms. The third kappa shape index (κ3) is 5.54. The Hall–Kier alpha value is -3.93. The lowest BCUT2D eigenvalue weighted by Gasteiger charge is -2.12. The van der Waals surface area contributed by atoms with Gasteiger partial charge in [-0.15, -0.1) is 0 Å². The maximum atomic E-state index is 12.6. The Labute approximate surface area is 175 Å². The molecule has 0 aliphatic rings. The Morgan fingerprint density at radius 2 is 1.37 bits per heavy atom. The lowest BCUT2D eigenvalue weighted by atomic mass is 10.1. The van der Waals surface area contributed by atoms with E-state index < -0.39 is 11.8 Å². The monoisotopic (exact) mass is 401 g/mol. The molecule has 0 heterocycles. The Bertz CT molecular complexity index is 1050. The summed E-state index contributed by atoms with van der Waals surface area (Å²) in [5.74, 6) is -1.93. The van der Waals surface area contributed by atoms with Crippen molar-refractivity contribution in [2.75, 3.05) is 5.32 Å². The van der Waals surface area contributed by atoms with Crippen LogP contribution in [0.4, 0.5) is 5.69 Å². The van der Waals surface area contributed by atoms with Gasteiger partial charge in [-0.25, -0.2) is 0 Å². The lowest BCUT2D eigenvalue weighted by molar-refractivity contribution is -0.136. The molecule has 0 unspecified atom stereocenters.